The average Bonchev–Trinajstić information content (AvgIpc) is 2.77. The molecule has 82 valence electrons. The number of Topliss-reactive ketones (excluding diaryl/α,β-unsaturated/α-hetero) is 1. The highest BCUT2D eigenvalue weighted by Gasteiger charge is 2.60. The van der Waals surface area contributed by atoms with Gasteiger partial charge in [0.05, 0.1) is 5.41 Å². The van der Waals surface area contributed by atoms with Gasteiger partial charge >= 0.3 is 0 Å². The van der Waals surface area contributed by atoms with Crippen LogP contribution in [0.5, 0.6) is 0 Å². The van der Waals surface area contributed by atoms with Crippen LogP contribution in [0.1, 0.15) is 25.3 Å². The van der Waals surface area contributed by atoms with Gasteiger partial charge in [0.1, 0.15) is 5.78 Å². The lowest BCUT2D eigenvalue weighted by Gasteiger charge is -2.50. The molecule has 0 saturated heterocycles. The Morgan fingerprint density at radius 2 is 2.06 bits per heavy atom. The lowest BCUT2D eigenvalue weighted by atomic mass is 9.50. The quantitative estimate of drug-likeness (QED) is 0.688. The van der Waals surface area contributed by atoms with E-state index in [0.717, 1.165) is 12.8 Å². The van der Waals surface area contributed by atoms with E-state index in [1.165, 1.54) is 5.56 Å². The van der Waals surface area contributed by atoms with E-state index < -0.39 is 0 Å². The van der Waals surface area contributed by atoms with E-state index in [0.29, 0.717) is 11.7 Å². The molecule has 1 fully saturated rings. The van der Waals surface area contributed by atoms with Crippen molar-refractivity contribution in [2.45, 2.75) is 25.2 Å². The molecule has 1 saturated carbocycles. The van der Waals surface area contributed by atoms with E-state index in [-0.39, 0.29) is 11.3 Å². The third-order valence-corrected chi connectivity index (χ3v) is 4.36. The van der Waals surface area contributed by atoms with Crippen molar-refractivity contribution in [2.75, 3.05) is 0 Å². The van der Waals surface area contributed by atoms with Crippen LogP contribution >= 0.6 is 0 Å². The first-order valence-electron chi connectivity index (χ1n) is 6.07. The van der Waals surface area contributed by atoms with Crippen molar-refractivity contribution < 1.29 is 4.79 Å². The smallest absolute Gasteiger partial charge is 0.148 e. The Bertz CT molecular complexity index is 446. The molecule has 0 radical (unpaired) electrons. The number of carbonyl (C=O) groups excluding carboxylic acids is 1. The third kappa shape index (κ3) is 0.986. The molecule has 0 heterocycles. The molecule has 0 spiro atoms. The molecule has 0 unspecified atom stereocenters. The van der Waals surface area contributed by atoms with Crippen molar-refractivity contribution in [2.24, 2.45) is 11.8 Å². The normalized spacial score (nSPS) is 35.9. The van der Waals surface area contributed by atoms with Crippen LogP contribution in [0.2, 0.25) is 0 Å². The molecule has 1 aromatic carbocycles. The molecule has 3 atom stereocenters. The highest BCUT2D eigenvalue weighted by Crippen LogP contribution is 2.56. The molecule has 2 aliphatic carbocycles. The maximum Gasteiger partial charge on any atom is 0.148 e. The summed E-state index contributed by atoms with van der Waals surface area (Å²) in [4.78, 5) is 12.4. The van der Waals surface area contributed by atoms with Crippen molar-refractivity contribution in [3.8, 4) is 0 Å². The first kappa shape index (κ1) is 9.83. The van der Waals surface area contributed by atoms with Crippen LogP contribution in [-0.4, -0.2) is 5.78 Å². The summed E-state index contributed by atoms with van der Waals surface area (Å²) in [6.07, 6.45) is 6.30. The molecular weight excluding hydrogens is 196 g/mol. The summed E-state index contributed by atoms with van der Waals surface area (Å²) in [6.45, 7) is 2.13. The third-order valence-electron chi connectivity index (χ3n) is 4.36. The first-order valence-corrected chi connectivity index (χ1v) is 6.07. The van der Waals surface area contributed by atoms with Gasteiger partial charge in [-0.25, -0.2) is 0 Å². The maximum atomic E-state index is 12.4. The van der Waals surface area contributed by atoms with Crippen molar-refractivity contribution in [3.63, 3.8) is 0 Å². The zero-order valence-corrected chi connectivity index (χ0v) is 9.52. The Morgan fingerprint density at radius 3 is 2.75 bits per heavy atom. The summed E-state index contributed by atoms with van der Waals surface area (Å²) in [7, 11) is 0. The molecule has 0 aliphatic heterocycles. The van der Waals surface area contributed by atoms with Gasteiger partial charge < -0.3 is 0 Å². The van der Waals surface area contributed by atoms with Crippen LogP contribution in [0.25, 0.3) is 0 Å². The predicted molar refractivity (Wildman–Crippen MR) is 64.2 cm³/mol. The Hall–Kier alpha value is -1.37. The predicted octanol–water partition coefficient (Wildman–Crippen LogP) is 3.11. The van der Waals surface area contributed by atoms with Gasteiger partial charge in [-0.15, -0.1) is 0 Å². The summed E-state index contributed by atoms with van der Waals surface area (Å²) >= 11 is 0. The molecule has 0 bridgehead atoms. The molecular formula is C15H16O. The lowest BCUT2D eigenvalue weighted by Crippen LogP contribution is -2.58. The Morgan fingerprint density at radius 1 is 1.31 bits per heavy atom. The Labute approximate surface area is 96.2 Å². The van der Waals surface area contributed by atoms with Crippen LogP contribution in [0, 0.1) is 11.8 Å². The van der Waals surface area contributed by atoms with Crippen LogP contribution in [0.3, 0.4) is 0 Å². The summed E-state index contributed by atoms with van der Waals surface area (Å²) in [5, 5.41) is 0. The summed E-state index contributed by atoms with van der Waals surface area (Å²) in [5.74, 6) is 1.18. The summed E-state index contributed by atoms with van der Waals surface area (Å²) in [5.41, 5.74) is 0.995. The fourth-order valence-corrected chi connectivity index (χ4v) is 3.51. The molecule has 0 N–H and O–H groups in total. The minimum absolute atomic E-state index is 0.209. The number of benzene rings is 1. The van der Waals surface area contributed by atoms with Crippen molar-refractivity contribution in [1.29, 1.82) is 0 Å². The number of carbonyl (C=O) groups is 1. The SMILES string of the molecule is CC[C@@]1(c2ccccc2)C(=O)[C@@H]2CC=C[C@@H]21. The zero-order valence-electron chi connectivity index (χ0n) is 9.52. The van der Waals surface area contributed by atoms with E-state index >= 15 is 0 Å². The van der Waals surface area contributed by atoms with Gasteiger partial charge in [-0.2, -0.15) is 0 Å². The van der Waals surface area contributed by atoms with Gasteiger partial charge in [-0.1, -0.05) is 49.4 Å². The molecule has 16 heavy (non-hydrogen) atoms. The minimum Gasteiger partial charge on any atom is -0.298 e. The van der Waals surface area contributed by atoms with Crippen LogP contribution in [-0.2, 0) is 10.2 Å². The highest BCUT2D eigenvalue weighted by molar-refractivity contribution is 6.00. The van der Waals surface area contributed by atoms with Gasteiger partial charge in [0, 0.05) is 11.8 Å². The maximum absolute atomic E-state index is 12.4. The molecule has 1 nitrogen and oxygen atoms in total. The van der Waals surface area contributed by atoms with E-state index in [1.54, 1.807) is 0 Å². The zero-order chi connectivity index (χ0) is 11.2. The standard InChI is InChI=1S/C15H16O/c1-2-15(11-7-4-3-5-8-11)13-10-6-9-12(13)14(15)16/h3-8,10,12-13H,2,9H2,1H3/t12-,13+,15+/m1/s1. The number of hydrogen-bond donors (Lipinski definition) is 0. The number of ketones is 1. The van der Waals surface area contributed by atoms with E-state index in [4.69, 9.17) is 0 Å². The minimum atomic E-state index is -0.209. The van der Waals surface area contributed by atoms with Crippen molar-refractivity contribution in [3.05, 3.63) is 48.0 Å². The van der Waals surface area contributed by atoms with Crippen LogP contribution < -0.4 is 0 Å². The molecule has 0 aromatic heterocycles. The number of hydrogen-bond acceptors (Lipinski definition) is 1. The lowest BCUT2D eigenvalue weighted by molar-refractivity contribution is -0.143. The number of allylic oxidation sites excluding steroid dienone is 2. The summed E-state index contributed by atoms with van der Waals surface area (Å²) in [6, 6.07) is 10.3. The monoisotopic (exact) mass is 212 g/mol. The number of fused-ring (bicyclic) bond motifs is 1. The van der Waals surface area contributed by atoms with Crippen molar-refractivity contribution >= 4 is 5.78 Å². The van der Waals surface area contributed by atoms with E-state index in [1.807, 2.05) is 18.2 Å². The second-order valence-corrected chi connectivity index (χ2v) is 4.85. The van der Waals surface area contributed by atoms with Crippen LogP contribution in [0.15, 0.2) is 42.5 Å². The number of rotatable bonds is 2. The largest absolute Gasteiger partial charge is 0.298 e. The molecule has 1 aromatic rings. The molecule has 1 heteroatoms. The second kappa shape index (κ2) is 3.31. The first-order chi connectivity index (χ1) is 7.80. The van der Waals surface area contributed by atoms with Gasteiger partial charge in [-0.3, -0.25) is 4.79 Å². The fourth-order valence-electron chi connectivity index (χ4n) is 3.51. The molecule has 0 amide bonds. The second-order valence-electron chi connectivity index (χ2n) is 4.85. The van der Waals surface area contributed by atoms with E-state index in [2.05, 4.69) is 31.2 Å². The average molecular weight is 212 g/mol. The van der Waals surface area contributed by atoms with E-state index in [9.17, 15) is 4.79 Å². The summed E-state index contributed by atoms with van der Waals surface area (Å²) < 4.78 is 0. The molecule has 3 rings (SSSR count). The van der Waals surface area contributed by atoms with Crippen LogP contribution in [0.4, 0.5) is 0 Å². The van der Waals surface area contributed by atoms with Gasteiger partial charge in [0.2, 0.25) is 0 Å². The fraction of sp³-hybridized carbons (Fsp3) is 0.400. The molecule has 2 aliphatic rings. The Balaban J connectivity index is 2.08. The topological polar surface area (TPSA) is 17.1 Å². The van der Waals surface area contributed by atoms with Crippen molar-refractivity contribution in [1.82, 2.24) is 0 Å². The van der Waals surface area contributed by atoms with Gasteiger partial charge in [0.25, 0.3) is 0 Å². The van der Waals surface area contributed by atoms with Gasteiger partial charge in [-0.05, 0) is 18.4 Å². The highest BCUT2D eigenvalue weighted by atomic mass is 16.1. The Kier molecular flexibility index (Phi) is 2.03. The van der Waals surface area contributed by atoms with Gasteiger partial charge in [0.15, 0.2) is 0 Å².